The topological polar surface area (TPSA) is 18.5 Å². The van der Waals surface area contributed by atoms with Crippen LogP contribution in [0.5, 0.6) is 0 Å². The molecule has 0 aliphatic heterocycles. The zero-order chi connectivity index (χ0) is 31.4. The van der Waals surface area contributed by atoms with Gasteiger partial charge >= 0.3 is 267 Å². The van der Waals surface area contributed by atoms with Gasteiger partial charge in [-0.25, -0.2) is 0 Å². The summed E-state index contributed by atoms with van der Waals surface area (Å²) in [5.41, 5.74) is 0. The summed E-state index contributed by atoms with van der Waals surface area (Å²) in [6, 6.07) is 0. The van der Waals surface area contributed by atoms with Gasteiger partial charge in [0.25, 0.3) is 0 Å². The second-order valence-electron chi connectivity index (χ2n) is 14.0. The molecule has 0 saturated heterocycles. The monoisotopic (exact) mass is 717 g/mol. The van der Waals surface area contributed by atoms with Gasteiger partial charge in [0.2, 0.25) is 0 Å². The van der Waals surface area contributed by atoms with Gasteiger partial charge in [-0.2, -0.15) is 0 Å². The molecular weight excluding hydrogens is 631 g/mol. The Bertz CT molecular complexity index is 453. The van der Waals surface area contributed by atoms with Crippen molar-refractivity contribution in [3.63, 3.8) is 0 Å². The predicted molar refractivity (Wildman–Crippen MR) is 198 cm³/mol. The molecule has 2 nitrogen and oxygen atoms in total. The third kappa shape index (κ3) is 32.5. The minimum absolute atomic E-state index is 0.982. The maximum atomic E-state index is 7.04. The zero-order valence-corrected chi connectivity index (χ0v) is 33.6. The second kappa shape index (κ2) is 37.2. The molecule has 0 heterocycles. The van der Waals surface area contributed by atoms with Gasteiger partial charge in [0, 0.05) is 0 Å². The predicted octanol–water partition coefficient (Wildman–Crippen LogP) is 15.0. The smallest absolute Gasteiger partial charge is 0.0654 e. The van der Waals surface area contributed by atoms with E-state index in [1.54, 1.807) is 0 Å². The average molecular weight is 716 g/mol. The molecule has 3 heteroatoms. The summed E-state index contributed by atoms with van der Waals surface area (Å²) >= 11 is -3.04. The van der Waals surface area contributed by atoms with E-state index >= 15 is 0 Å². The molecular formula is C40H84O2Sn. The van der Waals surface area contributed by atoms with Crippen LogP contribution in [0.4, 0.5) is 0 Å². The molecule has 43 heavy (non-hydrogen) atoms. The van der Waals surface area contributed by atoms with Crippen molar-refractivity contribution >= 4 is 19.2 Å². The van der Waals surface area contributed by atoms with Gasteiger partial charge in [-0.1, -0.05) is 13.8 Å². The molecule has 0 unspecified atom stereocenters. The first-order chi connectivity index (χ1) is 21.2. The molecule has 0 N–H and O–H groups in total. The molecule has 0 aliphatic carbocycles. The normalized spacial score (nSPS) is 12.0. The van der Waals surface area contributed by atoms with Crippen LogP contribution < -0.4 is 0 Å². The van der Waals surface area contributed by atoms with Crippen LogP contribution in [0.1, 0.15) is 233 Å². The van der Waals surface area contributed by atoms with E-state index in [1.165, 1.54) is 214 Å². The summed E-state index contributed by atoms with van der Waals surface area (Å²) in [7, 11) is 0. The van der Waals surface area contributed by atoms with Gasteiger partial charge in [0.05, 0.1) is 0 Å². The van der Waals surface area contributed by atoms with Gasteiger partial charge in [0.1, 0.15) is 0 Å². The van der Waals surface area contributed by atoms with Crippen molar-refractivity contribution < 1.29 is 6.15 Å². The van der Waals surface area contributed by atoms with Crippen LogP contribution in [0.15, 0.2) is 0 Å². The van der Waals surface area contributed by atoms with E-state index in [1.807, 2.05) is 0 Å². The first-order valence-electron chi connectivity index (χ1n) is 20.5. The van der Waals surface area contributed by atoms with Gasteiger partial charge < -0.3 is 0 Å². The Kier molecular flexibility index (Phi) is 37.8. The Hall–Kier alpha value is 0.719. The number of rotatable bonds is 38. The Morgan fingerprint density at radius 2 is 0.465 bits per heavy atom. The SMILES string of the molecule is CCCCCCCCCCCC[O][Sn]([CH2]CCCCCCC)([CH2]CCCCCCC)[O]CCCCCCCCCCCC. The van der Waals surface area contributed by atoms with E-state index in [-0.39, 0.29) is 0 Å². The van der Waals surface area contributed by atoms with Crippen molar-refractivity contribution in [1.82, 2.24) is 0 Å². The van der Waals surface area contributed by atoms with Crippen molar-refractivity contribution in [2.75, 3.05) is 13.2 Å². The third-order valence-corrected chi connectivity index (χ3v) is 20.1. The van der Waals surface area contributed by atoms with Crippen LogP contribution in [0.3, 0.4) is 0 Å². The zero-order valence-electron chi connectivity index (χ0n) is 30.8. The fourth-order valence-electron chi connectivity index (χ4n) is 6.50. The molecule has 0 aromatic carbocycles. The summed E-state index contributed by atoms with van der Waals surface area (Å²) in [5.74, 6) is 0. The molecule has 0 radical (unpaired) electrons. The Morgan fingerprint density at radius 3 is 0.721 bits per heavy atom. The molecule has 0 fully saturated rings. The van der Waals surface area contributed by atoms with Gasteiger partial charge in [-0.3, -0.25) is 0 Å². The summed E-state index contributed by atoms with van der Waals surface area (Å²) < 4.78 is 16.7. The van der Waals surface area contributed by atoms with E-state index in [0.717, 1.165) is 13.2 Å². The van der Waals surface area contributed by atoms with Crippen LogP contribution in [-0.4, -0.2) is 32.4 Å². The average Bonchev–Trinajstić information content (AvgIpc) is 3.02. The number of hydrogen-bond donors (Lipinski definition) is 0. The third-order valence-electron chi connectivity index (χ3n) is 9.55. The Balaban J connectivity index is 4.68. The number of hydrogen-bond acceptors (Lipinski definition) is 2. The quantitative estimate of drug-likeness (QED) is 0.0468. The van der Waals surface area contributed by atoms with E-state index in [9.17, 15) is 0 Å². The molecule has 0 bridgehead atoms. The molecule has 0 rings (SSSR count). The second-order valence-corrected chi connectivity index (χ2v) is 23.7. The van der Waals surface area contributed by atoms with Crippen LogP contribution in [0, 0.1) is 0 Å². The van der Waals surface area contributed by atoms with E-state index in [4.69, 9.17) is 6.15 Å². The van der Waals surface area contributed by atoms with Crippen molar-refractivity contribution in [3.05, 3.63) is 0 Å². The van der Waals surface area contributed by atoms with Gasteiger partial charge in [0.15, 0.2) is 0 Å². The molecule has 0 aromatic heterocycles. The first-order valence-corrected chi connectivity index (χ1v) is 26.9. The maximum absolute atomic E-state index is 7.04. The van der Waals surface area contributed by atoms with E-state index in [0.29, 0.717) is 0 Å². The molecule has 0 aliphatic rings. The summed E-state index contributed by atoms with van der Waals surface area (Å²) in [5, 5.41) is 0. The van der Waals surface area contributed by atoms with Gasteiger partial charge in [-0.05, 0) is 0 Å². The minimum atomic E-state index is -3.04. The Morgan fingerprint density at radius 1 is 0.256 bits per heavy atom. The summed E-state index contributed by atoms with van der Waals surface area (Å²) in [4.78, 5) is 0. The van der Waals surface area contributed by atoms with E-state index in [2.05, 4.69) is 27.7 Å². The van der Waals surface area contributed by atoms with Crippen molar-refractivity contribution in [2.45, 2.75) is 242 Å². The van der Waals surface area contributed by atoms with Crippen LogP contribution in [0.25, 0.3) is 0 Å². The number of unbranched alkanes of at least 4 members (excludes halogenated alkanes) is 28. The fraction of sp³-hybridized carbons (Fsp3) is 1.00. The molecule has 0 saturated carbocycles. The summed E-state index contributed by atoms with van der Waals surface area (Å²) in [6.45, 7) is 11.2. The van der Waals surface area contributed by atoms with Crippen molar-refractivity contribution in [2.24, 2.45) is 0 Å². The Labute approximate surface area is 279 Å². The van der Waals surface area contributed by atoms with Gasteiger partial charge in [-0.15, -0.1) is 0 Å². The van der Waals surface area contributed by atoms with E-state index < -0.39 is 19.2 Å². The molecule has 0 spiro atoms. The van der Waals surface area contributed by atoms with Crippen molar-refractivity contribution in [3.8, 4) is 0 Å². The molecule has 260 valence electrons. The summed E-state index contributed by atoms with van der Waals surface area (Å²) in [6.07, 6.45) is 44.5. The first kappa shape index (κ1) is 43.7. The molecule has 0 aromatic rings. The van der Waals surface area contributed by atoms with Crippen LogP contribution >= 0.6 is 0 Å². The molecule has 0 amide bonds. The standard InChI is InChI=1S/2C12H25O.2C8H17.Sn/c2*1-2-3-4-5-6-7-8-9-10-11-12-13;2*1-3-5-7-8-6-4-2;/h2*2-12H2,1H3;2*1,3-8H2,2H3;/q2*-1;;;+2. The minimum Gasteiger partial charge on any atom is -0.0654 e. The molecule has 0 atom stereocenters. The van der Waals surface area contributed by atoms with Crippen LogP contribution in [-0.2, 0) is 6.15 Å². The van der Waals surface area contributed by atoms with Crippen molar-refractivity contribution in [1.29, 1.82) is 0 Å². The van der Waals surface area contributed by atoms with Crippen LogP contribution in [0.2, 0.25) is 8.87 Å². The fourth-order valence-corrected chi connectivity index (χ4v) is 16.5.